The Balaban J connectivity index is 2.09. The van der Waals surface area contributed by atoms with E-state index in [1.165, 1.54) is 15.9 Å². The number of nitrogens with zero attached hydrogens (tertiary/aromatic N) is 2. The van der Waals surface area contributed by atoms with Gasteiger partial charge in [-0.25, -0.2) is 14.0 Å². The SMILES string of the molecule is CC1CCN(C(=O)N(C)Cc2ccccc2F)C1C(=O)O. The molecule has 0 bridgehead atoms. The van der Waals surface area contributed by atoms with Gasteiger partial charge in [0.15, 0.2) is 0 Å². The normalized spacial score (nSPS) is 21.4. The first-order chi connectivity index (χ1) is 9.91. The first-order valence-electron chi connectivity index (χ1n) is 6.89. The van der Waals surface area contributed by atoms with Gasteiger partial charge in [-0.3, -0.25) is 0 Å². The zero-order chi connectivity index (χ0) is 15.6. The smallest absolute Gasteiger partial charge is 0.326 e. The minimum atomic E-state index is -0.993. The first kappa shape index (κ1) is 15.3. The van der Waals surface area contributed by atoms with E-state index < -0.39 is 12.0 Å². The second-order valence-electron chi connectivity index (χ2n) is 5.47. The summed E-state index contributed by atoms with van der Waals surface area (Å²) in [6, 6.07) is 5.06. The van der Waals surface area contributed by atoms with E-state index in [4.69, 9.17) is 0 Å². The zero-order valence-electron chi connectivity index (χ0n) is 12.1. The Morgan fingerprint density at radius 3 is 2.71 bits per heavy atom. The number of halogens is 1. The second kappa shape index (κ2) is 6.11. The van der Waals surface area contributed by atoms with E-state index in [0.717, 1.165) is 0 Å². The van der Waals surface area contributed by atoms with Crippen molar-refractivity contribution < 1.29 is 19.1 Å². The van der Waals surface area contributed by atoms with Crippen LogP contribution in [0.3, 0.4) is 0 Å². The molecule has 0 radical (unpaired) electrons. The lowest BCUT2D eigenvalue weighted by Crippen LogP contribution is -2.47. The summed E-state index contributed by atoms with van der Waals surface area (Å²) < 4.78 is 13.6. The summed E-state index contributed by atoms with van der Waals surface area (Å²) in [5, 5.41) is 9.25. The van der Waals surface area contributed by atoms with Crippen LogP contribution in [0.25, 0.3) is 0 Å². The largest absolute Gasteiger partial charge is 0.480 e. The summed E-state index contributed by atoms with van der Waals surface area (Å²) in [5.74, 6) is -1.44. The summed E-state index contributed by atoms with van der Waals surface area (Å²) >= 11 is 0. The van der Waals surface area contributed by atoms with Crippen LogP contribution >= 0.6 is 0 Å². The van der Waals surface area contributed by atoms with E-state index in [0.29, 0.717) is 18.5 Å². The van der Waals surface area contributed by atoms with Crippen LogP contribution in [0.5, 0.6) is 0 Å². The maximum Gasteiger partial charge on any atom is 0.326 e. The van der Waals surface area contributed by atoms with Crippen LogP contribution in [-0.4, -0.2) is 46.5 Å². The molecule has 0 spiro atoms. The number of likely N-dealkylation sites (tertiary alicyclic amines) is 1. The number of amides is 2. The van der Waals surface area contributed by atoms with E-state index in [9.17, 15) is 19.1 Å². The van der Waals surface area contributed by atoms with Gasteiger partial charge in [0.25, 0.3) is 0 Å². The number of carbonyl (C=O) groups is 2. The quantitative estimate of drug-likeness (QED) is 0.929. The number of carboxylic acid groups (broad SMARTS) is 1. The van der Waals surface area contributed by atoms with Crippen molar-refractivity contribution in [2.24, 2.45) is 5.92 Å². The molecular weight excluding hydrogens is 275 g/mol. The molecular formula is C15H19FN2O3. The summed E-state index contributed by atoms with van der Waals surface area (Å²) in [5.41, 5.74) is 0.410. The number of rotatable bonds is 3. The van der Waals surface area contributed by atoms with Crippen LogP contribution in [0, 0.1) is 11.7 Å². The van der Waals surface area contributed by atoms with Crippen LogP contribution in [-0.2, 0) is 11.3 Å². The van der Waals surface area contributed by atoms with Gasteiger partial charge in [0.2, 0.25) is 0 Å². The lowest BCUT2D eigenvalue weighted by atomic mass is 10.0. The van der Waals surface area contributed by atoms with Crippen LogP contribution in [0.15, 0.2) is 24.3 Å². The van der Waals surface area contributed by atoms with Gasteiger partial charge in [-0.15, -0.1) is 0 Å². The zero-order valence-corrected chi connectivity index (χ0v) is 12.1. The summed E-state index contributed by atoms with van der Waals surface area (Å²) in [6.45, 7) is 2.35. The maximum absolute atomic E-state index is 13.6. The molecule has 2 amide bonds. The van der Waals surface area contributed by atoms with Gasteiger partial charge in [0.1, 0.15) is 11.9 Å². The molecule has 1 N–H and O–H groups in total. The summed E-state index contributed by atoms with van der Waals surface area (Å²) in [4.78, 5) is 26.4. The topological polar surface area (TPSA) is 60.9 Å². The average Bonchev–Trinajstić information content (AvgIpc) is 2.82. The fraction of sp³-hybridized carbons (Fsp3) is 0.467. The Hall–Kier alpha value is -2.11. The Morgan fingerprint density at radius 1 is 1.43 bits per heavy atom. The second-order valence-corrected chi connectivity index (χ2v) is 5.47. The minimum Gasteiger partial charge on any atom is -0.480 e. The maximum atomic E-state index is 13.6. The van der Waals surface area contributed by atoms with E-state index >= 15 is 0 Å². The molecule has 5 nitrogen and oxygen atoms in total. The third-order valence-electron chi connectivity index (χ3n) is 3.89. The molecule has 0 saturated carbocycles. The summed E-state index contributed by atoms with van der Waals surface area (Å²) in [6.07, 6.45) is 0.663. The van der Waals surface area contributed by atoms with Crippen LogP contribution in [0.2, 0.25) is 0 Å². The lowest BCUT2D eigenvalue weighted by molar-refractivity contribution is -0.142. The molecule has 21 heavy (non-hydrogen) atoms. The summed E-state index contributed by atoms with van der Waals surface area (Å²) in [7, 11) is 1.55. The van der Waals surface area contributed by atoms with Crippen LogP contribution in [0.4, 0.5) is 9.18 Å². The fourth-order valence-corrected chi connectivity index (χ4v) is 2.71. The van der Waals surface area contributed by atoms with Gasteiger partial charge in [-0.05, 0) is 18.4 Å². The Bertz CT molecular complexity index is 549. The van der Waals surface area contributed by atoms with Gasteiger partial charge in [0, 0.05) is 25.7 Å². The predicted molar refractivity (Wildman–Crippen MR) is 75.2 cm³/mol. The molecule has 1 aliphatic rings. The van der Waals surface area contributed by atoms with Crippen molar-refractivity contribution >= 4 is 12.0 Å². The molecule has 2 rings (SSSR count). The van der Waals surface area contributed by atoms with Gasteiger partial charge >= 0.3 is 12.0 Å². The standard InChI is InChI=1S/C15H19FN2O3/c1-10-7-8-18(13(10)14(19)20)15(21)17(2)9-11-5-3-4-6-12(11)16/h3-6,10,13H,7-9H2,1-2H3,(H,19,20). The third-order valence-corrected chi connectivity index (χ3v) is 3.89. The van der Waals surface area contributed by atoms with Crippen molar-refractivity contribution in [2.75, 3.05) is 13.6 Å². The van der Waals surface area contributed by atoms with Crippen LogP contribution in [0.1, 0.15) is 18.9 Å². The van der Waals surface area contributed by atoms with Crippen molar-refractivity contribution in [1.82, 2.24) is 9.80 Å². The number of hydrogen-bond donors (Lipinski definition) is 1. The molecule has 1 heterocycles. The van der Waals surface area contributed by atoms with E-state index in [1.807, 2.05) is 6.92 Å². The van der Waals surface area contributed by atoms with Gasteiger partial charge in [0.05, 0.1) is 0 Å². The van der Waals surface area contributed by atoms with Crippen molar-refractivity contribution in [1.29, 1.82) is 0 Å². The highest BCUT2D eigenvalue weighted by Crippen LogP contribution is 2.25. The highest BCUT2D eigenvalue weighted by Gasteiger charge is 2.40. The molecule has 6 heteroatoms. The first-order valence-corrected chi connectivity index (χ1v) is 6.89. The molecule has 1 aromatic rings. The van der Waals surface area contributed by atoms with Crippen molar-refractivity contribution in [2.45, 2.75) is 25.9 Å². The highest BCUT2D eigenvalue weighted by atomic mass is 19.1. The van der Waals surface area contributed by atoms with Crippen molar-refractivity contribution in [3.05, 3.63) is 35.6 Å². The monoisotopic (exact) mass is 294 g/mol. The minimum absolute atomic E-state index is 0.0756. The Labute approximate surface area is 123 Å². The molecule has 1 saturated heterocycles. The predicted octanol–water partition coefficient (Wildman–Crippen LogP) is 2.17. The van der Waals surface area contributed by atoms with Gasteiger partial charge in [-0.1, -0.05) is 25.1 Å². The highest BCUT2D eigenvalue weighted by molar-refractivity contribution is 5.83. The van der Waals surface area contributed by atoms with E-state index in [2.05, 4.69) is 0 Å². The van der Waals surface area contributed by atoms with E-state index in [-0.39, 0.29) is 24.3 Å². The number of urea groups is 1. The molecule has 1 aliphatic heterocycles. The Morgan fingerprint density at radius 2 is 2.10 bits per heavy atom. The Kier molecular flexibility index (Phi) is 4.45. The molecule has 1 fully saturated rings. The fourth-order valence-electron chi connectivity index (χ4n) is 2.71. The molecule has 1 aromatic carbocycles. The average molecular weight is 294 g/mol. The number of carbonyl (C=O) groups excluding carboxylic acids is 1. The number of aliphatic carboxylic acids is 1. The lowest BCUT2D eigenvalue weighted by Gasteiger charge is -2.28. The third kappa shape index (κ3) is 3.15. The van der Waals surface area contributed by atoms with E-state index in [1.54, 1.807) is 25.2 Å². The molecule has 2 atom stereocenters. The van der Waals surface area contributed by atoms with Crippen molar-refractivity contribution in [3.63, 3.8) is 0 Å². The van der Waals surface area contributed by atoms with Gasteiger partial charge in [-0.2, -0.15) is 0 Å². The van der Waals surface area contributed by atoms with Crippen molar-refractivity contribution in [3.8, 4) is 0 Å². The number of hydrogen-bond acceptors (Lipinski definition) is 2. The molecule has 0 aromatic heterocycles. The van der Waals surface area contributed by atoms with Gasteiger partial charge < -0.3 is 14.9 Å². The molecule has 114 valence electrons. The number of carboxylic acids is 1. The van der Waals surface area contributed by atoms with Crippen LogP contribution < -0.4 is 0 Å². The molecule has 0 aliphatic carbocycles. The number of benzene rings is 1. The molecule has 2 unspecified atom stereocenters.